The zero-order valence-electron chi connectivity index (χ0n) is 14.8. The second-order valence-corrected chi connectivity index (χ2v) is 6.68. The van der Waals surface area contributed by atoms with Crippen molar-refractivity contribution in [3.63, 3.8) is 0 Å². The van der Waals surface area contributed by atoms with Gasteiger partial charge in [0.25, 0.3) is 0 Å². The molecule has 2 aromatic rings. The zero-order valence-corrected chi connectivity index (χ0v) is 14.8. The minimum atomic E-state index is 0.443. The van der Waals surface area contributed by atoms with Gasteiger partial charge < -0.3 is 14.8 Å². The first-order valence-electron chi connectivity index (χ1n) is 8.66. The van der Waals surface area contributed by atoms with E-state index in [4.69, 9.17) is 0 Å². The molecule has 0 aliphatic carbocycles. The molecule has 0 amide bonds. The Morgan fingerprint density at radius 2 is 2.29 bits per heavy atom. The van der Waals surface area contributed by atoms with E-state index in [1.54, 1.807) is 0 Å². The summed E-state index contributed by atoms with van der Waals surface area (Å²) in [6.07, 6.45) is 7.01. The van der Waals surface area contributed by atoms with Crippen LogP contribution in [0.1, 0.15) is 30.5 Å². The van der Waals surface area contributed by atoms with Gasteiger partial charge in [0.1, 0.15) is 0 Å². The van der Waals surface area contributed by atoms with E-state index in [9.17, 15) is 0 Å². The van der Waals surface area contributed by atoms with Gasteiger partial charge in [-0.05, 0) is 24.8 Å². The molecule has 0 saturated carbocycles. The quantitative estimate of drug-likeness (QED) is 0.697. The monoisotopic (exact) mass is 325 g/mol. The molecule has 1 aromatic carbocycles. The standard InChI is InChI=1S/C19H27N5/c1-15-5-4-6-17(11-15)12-22-19(20-3)23-9-7-16(2)18(13-23)24-10-8-21-14-24/h4-6,8,10-11,14,16,18H,7,9,12-13H2,1-3H3,(H,20,22). The van der Waals surface area contributed by atoms with Crippen LogP contribution in [0.15, 0.2) is 48.0 Å². The molecule has 0 bridgehead atoms. The summed E-state index contributed by atoms with van der Waals surface area (Å²) in [4.78, 5) is 11.1. The first-order valence-corrected chi connectivity index (χ1v) is 8.66. The van der Waals surface area contributed by atoms with Crippen molar-refractivity contribution < 1.29 is 0 Å². The maximum absolute atomic E-state index is 4.50. The van der Waals surface area contributed by atoms with Gasteiger partial charge >= 0.3 is 0 Å². The molecule has 1 saturated heterocycles. The topological polar surface area (TPSA) is 45.5 Å². The number of hydrogen-bond donors (Lipinski definition) is 1. The lowest BCUT2D eigenvalue weighted by atomic mass is 9.93. The first-order chi connectivity index (χ1) is 11.7. The lowest BCUT2D eigenvalue weighted by Crippen LogP contribution is -2.48. The summed E-state index contributed by atoms with van der Waals surface area (Å²) in [6, 6.07) is 9.04. The smallest absolute Gasteiger partial charge is 0.193 e. The molecule has 5 heteroatoms. The summed E-state index contributed by atoms with van der Waals surface area (Å²) in [7, 11) is 1.86. The van der Waals surface area contributed by atoms with Gasteiger partial charge in [0.2, 0.25) is 0 Å². The van der Waals surface area contributed by atoms with Crippen molar-refractivity contribution in [3.05, 3.63) is 54.1 Å². The van der Waals surface area contributed by atoms with E-state index in [1.807, 2.05) is 19.6 Å². The number of guanidine groups is 1. The molecule has 5 nitrogen and oxygen atoms in total. The van der Waals surface area contributed by atoms with E-state index in [1.165, 1.54) is 11.1 Å². The van der Waals surface area contributed by atoms with E-state index in [0.717, 1.165) is 32.0 Å². The highest BCUT2D eigenvalue weighted by Gasteiger charge is 2.28. The van der Waals surface area contributed by atoms with E-state index < -0.39 is 0 Å². The zero-order chi connectivity index (χ0) is 16.9. The van der Waals surface area contributed by atoms with Gasteiger partial charge in [-0.1, -0.05) is 36.8 Å². The maximum atomic E-state index is 4.50. The van der Waals surface area contributed by atoms with Gasteiger partial charge in [0.05, 0.1) is 12.4 Å². The van der Waals surface area contributed by atoms with Gasteiger partial charge in [-0.2, -0.15) is 0 Å². The molecule has 128 valence electrons. The van der Waals surface area contributed by atoms with E-state index in [-0.39, 0.29) is 0 Å². The number of aryl methyl sites for hydroxylation is 1. The van der Waals surface area contributed by atoms with Crippen LogP contribution in [0.4, 0.5) is 0 Å². The Hall–Kier alpha value is -2.30. The number of imidazole rings is 1. The fourth-order valence-electron chi connectivity index (χ4n) is 3.43. The third kappa shape index (κ3) is 3.78. The van der Waals surface area contributed by atoms with Gasteiger partial charge in [0, 0.05) is 39.1 Å². The van der Waals surface area contributed by atoms with Crippen LogP contribution in [0, 0.1) is 12.8 Å². The van der Waals surface area contributed by atoms with Crippen LogP contribution in [-0.4, -0.2) is 40.5 Å². The van der Waals surface area contributed by atoms with Crippen LogP contribution >= 0.6 is 0 Å². The summed E-state index contributed by atoms with van der Waals surface area (Å²) in [6.45, 7) is 7.26. The lowest BCUT2D eigenvalue weighted by molar-refractivity contribution is 0.189. The molecule has 1 aliphatic rings. The number of aliphatic imine (C=N–C) groups is 1. The van der Waals surface area contributed by atoms with Gasteiger partial charge in [-0.15, -0.1) is 0 Å². The van der Waals surface area contributed by atoms with Crippen molar-refractivity contribution >= 4 is 5.96 Å². The number of hydrogen-bond acceptors (Lipinski definition) is 2. The molecule has 1 aliphatic heterocycles. The maximum Gasteiger partial charge on any atom is 0.193 e. The summed E-state index contributed by atoms with van der Waals surface area (Å²) in [5, 5.41) is 3.51. The Kier molecular flexibility index (Phi) is 5.18. The average molecular weight is 325 g/mol. The number of benzene rings is 1. The van der Waals surface area contributed by atoms with E-state index in [2.05, 4.69) is 69.1 Å². The van der Waals surface area contributed by atoms with Crippen molar-refractivity contribution in [1.82, 2.24) is 19.8 Å². The molecule has 0 radical (unpaired) electrons. The van der Waals surface area contributed by atoms with Crippen molar-refractivity contribution in [3.8, 4) is 0 Å². The minimum Gasteiger partial charge on any atom is -0.352 e. The molecular weight excluding hydrogens is 298 g/mol. The number of nitrogens with one attached hydrogen (secondary N) is 1. The Balaban J connectivity index is 1.65. The Bertz CT molecular complexity index is 677. The number of piperidine rings is 1. The molecule has 2 atom stereocenters. The summed E-state index contributed by atoms with van der Waals surface area (Å²) in [5.74, 6) is 1.62. The second-order valence-electron chi connectivity index (χ2n) is 6.68. The Morgan fingerprint density at radius 1 is 1.42 bits per heavy atom. The van der Waals surface area contributed by atoms with Crippen molar-refractivity contribution in [2.75, 3.05) is 20.1 Å². The predicted molar refractivity (Wildman–Crippen MR) is 98.0 cm³/mol. The van der Waals surface area contributed by atoms with Crippen molar-refractivity contribution in [2.45, 2.75) is 32.9 Å². The SMILES string of the molecule is CN=C(NCc1cccc(C)c1)N1CCC(C)C(n2ccnc2)C1. The summed E-state index contributed by atoms with van der Waals surface area (Å²) in [5.41, 5.74) is 2.57. The first kappa shape index (κ1) is 16.6. The van der Waals surface area contributed by atoms with Gasteiger partial charge in [-0.3, -0.25) is 4.99 Å². The molecule has 1 N–H and O–H groups in total. The Labute approximate surface area is 144 Å². The van der Waals surface area contributed by atoms with E-state index >= 15 is 0 Å². The summed E-state index contributed by atoms with van der Waals surface area (Å²) >= 11 is 0. The van der Waals surface area contributed by atoms with Gasteiger partial charge in [0.15, 0.2) is 5.96 Å². The molecule has 0 spiro atoms. The highest BCUT2D eigenvalue weighted by Crippen LogP contribution is 2.27. The van der Waals surface area contributed by atoms with Crippen LogP contribution in [0.3, 0.4) is 0 Å². The molecule has 24 heavy (non-hydrogen) atoms. The molecule has 2 unspecified atom stereocenters. The third-order valence-electron chi connectivity index (χ3n) is 4.87. The number of nitrogens with zero attached hydrogens (tertiary/aromatic N) is 4. The van der Waals surface area contributed by atoms with Crippen LogP contribution in [0.25, 0.3) is 0 Å². The highest BCUT2D eigenvalue weighted by atomic mass is 15.3. The van der Waals surface area contributed by atoms with Crippen molar-refractivity contribution in [2.24, 2.45) is 10.9 Å². The molecule has 1 fully saturated rings. The van der Waals surface area contributed by atoms with Crippen LogP contribution in [0.5, 0.6) is 0 Å². The number of aromatic nitrogens is 2. The number of rotatable bonds is 3. The lowest BCUT2D eigenvalue weighted by Gasteiger charge is -2.39. The molecule has 3 rings (SSSR count). The summed E-state index contributed by atoms with van der Waals surface area (Å²) < 4.78 is 2.23. The predicted octanol–water partition coefficient (Wildman–Crippen LogP) is 2.85. The van der Waals surface area contributed by atoms with Crippen LogP contribution < -0.4 is 5.32 Å². The van der Waals surface area contributed by atoms with Crippen LogP contribution in [0.2, 0.25) is 0 Å². The fraction of sp³-hybridized carbons (Fsp3) is 0.474. The van der Waals surface area contributed by atoms with Crippen LogP contribution in [-0.2, 0) is 6.54 Å². The fourth-order valence-corrected chi connectivity index (χ4v) is 3.43. The van der Waals surface area contributed by atoms with Crippen molar-refractivity contribution in [1.29, 1.82) is 0 Å². The highest BCUT2D eigenvalue weighted by molar-refractivity contribution is 5.80. The third-order valence-corrected chi connectivity index (χ3v) is 4.87. The normalized spacial score (nSPS) is 21.8. The molecule has 2 heterocycles. The Morgan fingerprint density at radius 3 is 3.00 bits per heavy atom. The number of likely N-dealkylation sites (tertiary alicyclic amines) is 1. The molecule has 1 aromatic heterocycles. The largest absolute Gasteiger partial charge is 0.352 e. The molecular formula is C19H27N5. The second kappa shape index (κ2) is 7.51. The average Bonchev–Trinajstić information content (AvgIpc) is 3.11. The minimum absolute atomic E-state index is 0.443. The van der Waals surface area contributed by atoms with E-state index in [0.29, 0.717) is 12.0 Å². The van der Waals surface area contributed by atoms with Gasteiger partial charge in [-0.25, -0.2) is 4.98 Å².